The molecule has 3 saturated carbocycles. The van der Waals surface area contributed by atoms with Crippen LogP contribution >= 0.6 is 0 Å². The highest BCUT2D eigenvalue weighted by Crippen LogP contribution is 2.60. The highest BCUT2D eigenvalue weighted by Gasteiger charge is 2.57. The normalized spacial score (nSPS) is 20.1. The standard InChI is InChI=1S/C48H55N9O6.C41H45N7O3.C8H15NO4/c1-27(2)39(54-45(60)62-7)43(58)57-26-48(17-18-48)22-38(57)42-51-24-36(53-42)33-16-15-31-19-30(13-14-32(31)20-33)28-9-11-29(12-10-28)35-23-50-41(52-35)37-21-34(49-6)25-56(37)44(59)40(47(3,4)5)55-46(61)63-8;1-24(2)35(47-39(50)51-3)38(49)48-23-41(14-15-41)19-34(48)37-43-21-33(46-37)30-11-10-28-16-27(8-9-29(28)17-30)25-4-6-26(7-5-25)32-20-42-36(45-32)31-18-40(12-13-40)22-44-31;1-8(2,3)5(6(10)11)9-7(12)13-4/h9-16,19-20,23-24,27,34,37-40H,17-18,21-22,25-26H2,1-5,7-8H3,(H,50,52)(H,51,53)(H,54,60)(H,55,61);4-11,16-17,20-21,24,31,34-35,44H,12-15,18-19,22-23H2,1-3H3,(H,42,45)(H,43,46)(H,47,50);5H,1-4H3,(H,9,12)(H,10,11)/t34-,37-,38-,39-,40+;31-,34-,35-;5-/m001/s1. The zero-order valence-corrected chi connectivity index (χ0v) is 74.5. The smallest absolute Gasteiger partial charge is 0.407 e. The average molecular weight is 1730 g/mol. The van der Waals surface area contributed by atoms with E-state index in [4.69, 9.17) is 40.8 Å². The van der Waals surface area contributed by atoms with Crippen LogP contribution in [0.15, 0.2) is 146 Å². The number of carbonyl (C=O) groups is 8. The summed E-state index contributed by atoms with van der Waals surface area (Å²) in [6.45, 7) is 28.9. The van der Waals surface area contributed by atoms with E-state index in [0.717, 1.165) is 140 Å². The lowest BCUT2D eigenvalue weighted by atomic mass is 9.85. The number of imidazole rings is 4. The molecule has 9 atom stereocenters. The number of nitrogens with one attached hydrogen (secondary N) is 9. The molecule has 10 N–H and O–H groups in total. The molecule has 30 heteroatoms. The molecule has 30 nitrogen and oxygen atoms in total. The van der Waals surface area contributed by atoms with Crippen molar-refractivity contribution in [3.63, 3.8) is 0 Å². The first-order valence-electron chi connectivity index (χ1n) is 43.7. The number of aliphatic carboxylic acids is 1. The molecule has 3 aliphatic carbocycles. The molecule has 666 valence electrons. The van der Waals surface area contributed by atoms with Crippen LogP contribution in [0.25, 0.3) is 93.7 Å². The zero-order chi connectivity index (χ0) is 90.3. The van der Waals surface area contributed by atoms with Crippen LogP contribution in [0.3, 0.4) is 0 Å². The number of fused-ring (bicyclic) bond motifs is 2. The SMILES string of the molecule is COC(=O)N[C@H](C(=O)N1CC2(CC2)C[C@H]1c1ncc(-c2ccc3cc(-c4ccc(-c5cnc([C@@H]6CC7(CC7)CN6)[nH]5)cc4)ccc3c2)[nH]1)C(C)C.COC(=O)N[C@H](C(=O)O)C(C)(C)C.[C-]#[N+][C@H]1C[C@@H](c2ncc(-c3ccc(-c4ccc5cc(-c6cnc([C@@H]7CC8(CC8)CN7C(=O)[C@@H](NC(=O)OC)C(C)C)[nH]6)ccc5c4)cc3)[nH]2)N(C(=O)[C@@H](NC(=O)OC)C(C)(C)C)C1. The molecule has 4 aromatic heterocycles. The minimum absolute atomic E-state index is 0.0815. The number of benzene rings is 6. The zero-order valence-electron chi connectivity index (χ0n) is 74.5. The van der Waals surface area contributed by atoms with Gasteiger partial charge >= 0.3 is 30.3 Å². The Hall–Kier alpha value is -12.9. The number of aromatic amines is 4. The van der Waals surface area contributed by atoms with Crippen molar-refractivity contribution in [3.05, 3.63) is 181 Å². The summed E-state index contributed by atoms with van der Waals surface area (Å²) < 4.78 is 18.8. The number of hydrogen-bond acceptors (Lipinski definition) is 17. The van der Waals surface area contributed by atoms with Gasteiger partial charge in [0.1, 0.15) is 47.5 Å². The third kappa shape index (κ3) is 19.6. The second-order valence-electron chi connectivity index (χ2n) is 38.4. The van der Waals surface area contributed by atoms with E-state index < -0.39 is 71.4 Å². The number of H-pyrrole nitrogens is 4. The molecular weight excluding hydrogens is 1610 g/mol. The van der Waals surface area contributed by atoms with Crippen molar-refractivity contribution < 1.29 is 62.4 Å². The maximum absolute atomic E-state index is 13.9. The molecule has 17 rings (SSSR count). The van der Waals surface area contributed by atoms with Gasteiger partial charge in [0, 0.05) is 30.8 Å². The number of carboxylic acids is 1. The quantitative estimate of drug-likeness (QED) is 0.0250. The summed E-state index contributed by atoms with van der Waals surface area (Å²) in [4.78, 5) is 142. The summed E-state index contributed by atoms with van der Waals surface area (Å²) in [5.74, 6) is 1.42. The van der Waals surface area contributed by atoms with Gasteiger partial charge in [-0.2, -0.15) is 0 Å². The van der Waals surface area contributed by atoms with Gasteiger partial charge < -0.3 is 90.1 Å². The van der Waals surface area contributed by atoms with Gasteiger partial charge in [-0.1, -0.05) is 166 Å². The Morgan fingerprint density at radius 2 is 0.772 bits per heavy atom. The number of rotatable bonds is 20. The van der Waals surface area contributed by atoms with E-state index in [1.54, 1.807) is 31.9 Å². The van der Waals surface area contributed by atoms with E-state index in [1.165, 1.54) is 58.8 Å². The van der Waals surface area contributed by atoms with Crippen molar-refractivity contribution in [3.8, 4) is 67.3 Å². The van der Waals surface area contributed by atoms with Crippen LogP contribution < -0.4 is 26.6 Å². The predicted molar refractivity (Wildman–Crippen MR) is 481 cm³/mol. The maximum Gasteiger partial charge on any atom is 0.407 e. The van der Waals surface area contributed by atoms with Crippen molar-refractivity contribution >= 4 is 69.6 Å². The van der Waals surface area contributed by atoms with Crippen molar-refractivity contribution in [2.24, 2.45) is 38.9 Å². The second kappa shape index (κ2) is 35.8. The van der Waals surface area contributed by atoms with Crippen LogP contribution in [0.5, 0.6) is 0 Å². The summed E-state index contributed by atoms with van der Waals surface area (Å²) in [5, 5.41) is 27.4. The van der Waals surface area contributed by atoms with Gasteiger partial charge in [0.25, 0.3) is 0 Å². The summed E-state index contributed by atoms with van der Waals surface area (Å²) >= 11 is 0. The topological polar surface area (TPSA) is 383 Å². The van der Waals surface area contributed by atoms with Crippen molar-refractivity contribution in [1.29, 1.82) is 0 Å². The molecule has 0 bridgehead atoms. The number of amides is 7. The molecule has 7 fully saturated rings. The van der Waals surface area contributed by atoms with Crippen LogP contribution in [0, 0.1) is 45.5 Å². The Labute approximate surface area is 738 Å². The first kappa shape index (κ1) is 88.9. The maximum atomic E-state index is 13.9. The number of methoxy groups -OCH3 is 4. The van der Waals surface area contributed by atoms with Gasteiger partial charge in [0.2, 0.25) is 23.8 Å². The number of ether oxygens (including phenoxy) is 4. The molecule has 10 aromatic rings. The Bertz CT molecular complexity index is 5820. The average Bonchev–Trinajstić information content (AvgIpc) is 1.59. The molecule has 4 saturated heterocycles. The summed E-state index contributed by atoms with van der Waals surface area (Å²) in [7, 11) is 5.07. The van der Waals surface area contributed by atoms with Gasteiger partial charge in [0.15, 0.2) is 0 Å². The fourth-order valence-electron chi connectivity index (χ4n) is 18.3. The number of hydrogen-bond donors (Lipinski definition) is 10. The van der Waals surface area contributed by atoms with Crippen LogP contribution in [0.2, 0.25) is 0 Å². The number of nitrogens with zero attached hydrogens (tertiary/aromatic N) is 8. The Morgan fingerprint density at radius 1 is 0.433 bits per heavy atom. The molecule has 4 aliphatic heterocycles. The van der Waals surface area contributed by atoms with E-state index in [1.807, 2.05) is 89.0 Å². The highest BCUT2D eigenvalue weighted by molar-refractivity contribution is 5.94. The van der Waals surface area contributed by atoms with Crippen molar-refractivity contribution in [1.82, 2.24) is 81.2 Å². The molecule has 6 aromatic carbocycles. The summed E-state index contributed by atoms with van der Waals surface area (Å²) in [5.41, 5.74) is 11.8. The molecule has 7 aliphatic rings. The van der Waals surface area contributed by atoms with Gasteiger partial charge in [0.05, 0.1) is 113 Å². The Balaban J connectivity index is 0.000000174. The predicted octanol–water partition coefficient (Wildman–Crippen LogP) is 16.4. The van der Waals surface area contributed by atoms with Gasteiger partial charge in [-0.25, -0.2) is 50.5 Å². The highest BCUT2D eigenvalue weighted by atomic mass is 16.6. The van der Waals surface area contributed by atoms with E-state index in [2.05, 4.69) is 170 Å². The number of carboxylic acid groups (broad SMARTS) is 1. The van der Waals surface area contributed by atoms with E-state index in [0.29, 0.717) is 36.8 Å². The molecule has 3 spiro atoms. The molecule has 7 amide bonds. The van der Waals surface area contributed by atoms with Crippen molar-refractivity contribution in [2.75, 3.05) is 54.6 Å². The fourth-order valence-corrected chi connectivity index (χ4v) is 18.3. The van der Waals surface area contributed by atoms with E-state index in [9.17, 15) is 38.4 Å². The molecular formula is C97H115N17O13. The summed E-state index contributed by atoms with van der Waals surface area (Å²) in [6, 6.07) is 38.7. The van der Waals surface area contributed by atoms with Crippen LogP contribution in [-0.4, -0.2) is 193 Å². The first-order chi connectivity index (χ1) is 60.6. The van der Waals surface area contributed by atoms with Crippen LogP contribution in [-0.2, 0) is 38.1 Å². The van der Waals surface area contributed by atoms with Gasteiger partial charge in [-0.15, -0.1) is 0 Å². The van der Waals surface area contributed by atoms with Gasteiger partial charge in [-0.3, -0.25) is 14.4 Å². The molecule has 127 heavy (non-hydrogen) atoms. The van der Waals surface area contributed by atoms with E-state index in [-0.39, 0.29) is 65.1 Å². The third-order valence-electron chi connectivity index (χ3n) is 26.5. The number of carbonyl (C=O) groups excluding carboxylic acids is 7. The fraction of sp³-hybridized carbons (Fsp3) is 0.454. The lowest BCUT2D eigenvalue weighted by Crippen LogP contribution is -2.54. The number of alkyl carbamates (subject to hydrolysis) is 4. The lowest BCUT2D eigenvalue weighted by molar-refractivity contribution is -0.142. The minimum atomic E-state index is -1.07. The summed E-state index contributed by atoms with van der Waals surface area (Å²) in [6.07, 6.45) is 15.2. The second-order valence-corrected chi connectivity index (χ2v) is 38.4. The molecule has 8 heterocycles. The van der Waals surface area contributed by atoms with Crippen LogP contribution in [0.4, 0.5) is 19.2 Å². The Kier molecular flexibility index (Phi) is 25.1. The third-order valence-corrected chi connectivity index (χ3v) is 26.5. The number of likely N-dealkylation sites (tertiary alicyclic amines) is 3. The van der Waals surface area contributed by atoms with Crippen LogP contribution in [0.1, 0.15) is 181 Å². The molecule has 0 radical (unpaired) electrons. The lowest BCUT2D eigenvalue weighted by Gasteiger charge is -2.34. The van der Waals surface area contributed by atoms with Gasteiger partial charge in [-0.05, 0) is 176 Å². The molecule has 0 unspecified atom stereocenters. The minimum Gasteiger partial charge on any atom is -0.480 e. The monoisotopic (exact) mass is 1730 g/mol. The number of aromatic nitrogens is 8. The Morgan fingerprint density at radius 3 is 1.13 bits per heavy atom. The van der Waals surface area contributed by atoms with Crippen molar-refractivity contribution in [2.45, 2.75) is 188 Å². The first-order valence-corrected chi connectivity index (χ1v) is 43.7. The largest absolute Gasteiger partial charge is 0.480 e. The van der Waals surface area contributed by atoms with E-state index >= 15 is 0 Å².